The first-order valence-corrected chi connectivity index (χ1v) is 9.45. The molecule has 0 saturated heterocycles. The number of hydrogen-bond acceptors (Lipinski definition) is 3. The van der Waals surface area contributed by atoms with Crippen molar-refractivity contribution >= 4 is 8.07 Å². The third kappa shape index (κ3) is 9.05. The van der Waals surface area contributed by atoms with Crippen LogP contribution in [0, 0.1) is 0 Å². The van der Waals surface area contributed by atoms with E-state index in [-0.39, 0.29) is 12.2 Å². The van der Waals surface area contributed by atoms with Gasteiger partial charge in [0.2, 0.25) is 0 Å². The second kappa shape index (κ2) is 7.38. The molecule has 0 rings (SSSR count). The summed E-state index contributed by atoms with van der Waals surface area (Å²) in [5.74, 6) is 0. The molecule has 15 heavy (non-hydrogen) atoms. The highest BCUT2D eigenvalue weighted by atomic mass is 28.3. The average Bonchev–Trinajstić information content (AvgIpc) is 2.14. The molecule has 1 N–H and O–H groups in total. The zero-order chi connectivity index (χ0) is 11.9. The van der Waals surface area contributed by atoms with E-state index in [1.165, 1.54) is 0 Å². The van der Waals surface area contributed by atoms with Crippen LogP contribution in [0.25, 0.3) is 0 Å². The Kier molecular flexibility index (Phi) is 7.43. The molecule has 0 bridgehead atoms. The van der Waals surface area contributed by atoms with Crippen molar-refractivity contribution in [1.82, 2.24) is 0 Å². The summed E-state index contributed by atoms with van der Waals surface area (Å²) in [5.41, 5.74) is 0. The lowest BCUT2D eigenvalue weighted by Crippen LogP contribution is -2.27. The van der Waals surface area contributed by atoms with Crippen molar-refractivity contribution in [2.75, 3.05) is 13.4 Å². The Hall–Kier alpha value is 0.0969. The van der Waals surface area contributed by atoms with Gasteiger partial charge in [0, 0.05) is 14.7 Å². The first kappa shape index (κ1) is 15.1. The van der Waals surface area contributed by atoms with Gasteiger partial charge in [-0.05, 0) is 19.4 Å². The maximum atomic E-state index is 9.44. The highest BCUT2D eigenvalue weighted by molar-refractivity contribution is 6.76. The molecule has 0 saturated carbocycles. The number of aliphatic hydroxyl groups is 1. The zero-order valence-corrected chi connectivity index (χ0v) is 11.7. The van der Waals surface area contributed by atoms with E-state index in [1.54, 1.807) is 0 Å². The molecule has 0 aromatic rings. The predicted molar refractivity (Wildman–Crippen MR) is 65.8 cm³/mol. The molecule has 0 radical (unpaired) electrons. The molecule has 0 spiro atoms. The van der Waals surface area contributed by atoms with E-state index in [4.69, 9.17) is 9.47 Å². The molecule has 4 heteroatoms. The molecule has 92 valence electrons. The van der Waals surface area contributed by atoms with E-state index < -0.39 is 8.07 Å². The number of aliphatic hydroxyl groups excluding tert-OH is 1. The summed E-state index contributed by atoms with van der Waals surface area (Å²) in [7, 11) is -0.993. The lowest BCUT2D eigenvalue weighted by molar-refractivity contribution is -0.115. The smallest absolute Gasteiger partial charge is 0.147 e. The van der Waals surface area contributed by atoms with Gasteiger partial charge in [-0.2, -0.15) is 0 Å². The molecule has 3 nitrogen and oxygen atoms in total. The SMILES string of the molecule is CCC(O)[C@H](C)OCOCC[Si](C)(C)C. The van der Waals surface area contributed by atoms with Crippen LogP contribution in [0.2, 0.25) is 25.7 Å². The van der Waals surface area contributed by atoms with Crippen LogP contribution in [0.1, 0.15) is 20.3 Å². The van der Waals surface area contributed by atoms with Crippen molar-refractivity contribution in [2.45, 2.75) is 58.2 Å². The highest BCUT2D eigenvalue weighted by Crippen LogP contribution is 2.08. The maximum absolute atomic E-state index is 9.44. The summed E-state index contributed by atoms with van der Waals surface area (Å²) in [5, 5.41) is 9.44. The second-order valence-corrected chi connectivity index (χ2v) is 10.8. The van der Waals surface area contributed by atoms with Gasteiger partial charge in [0.15, 0.2) is 0 Å². The first-order chi connectivity index (χ1) is 6.87. The Labute approximate surface area is 94.8 Å². The minimum Gasteiger partial charge on any atom is -0.390 e. The molecule has 0 aromatic carbocycles. The molecule has 0 heterocycles. The largest absolute Gasteiger partial charge is 0.390 e. The minimum atomic E-state index is -0.993. The molecule has 0 aliphatic carbocycles. The maximum Gasteiger partial charge on any atom is 0.147 e. The van der Waals surface area contributed by atoms with Gasteiger partial charge in [0.25, 0.3) is 0 Å². The molecule has 0 fully saturated rings. The Morgan fingerprint density at radius 3 is 2.33 bits per heavy atom. The van der Waals surface area contributed by atoms with Gasteiger partial charge in [0.05, 0.1) is 12.2 Å². The summed E-state index contributed by atoms with van der Waals surface area (Å²) in [6.07, 6.45) is 0.197. The average molecular weight is 234 g/mol. The van der Waals surface area contributed by atoms with Crippen molar-refractivity contribution in [3.05, 3.63) is 0 Å². The van der Waals surface area contributed by atoms with E-state index >= 15 is 0 Å². The normalized spacial score (nSPS) is 16.4. The van der Waals surface area contributed by atoms with Gasteiger partial charge >= 0.3 is 0 Å². The molecular formula is C11H26O3Si. The summed E-state index contributed by atoms with van der Waals surface area (Å²) in [6, 6.07) is 1.15. The van der Waals surface area contributed by atoms with E-state index in [0.29, 0.717) is 6.79 Å². The van der Waals surface area contributed by atoms with Crippen LogP contribution in [0.4, 0.5) is 0 Å². The summed E-state index contributed by atoms with van der Waals surface area (Å²) in [6.45, 7) is 11.8. The second-order valence-electron chi connectivity index (χ2n) is 5.18. The fourth-order valence-electron chi connectivity index (χ4n) is 1.04. The Balaban J connectivity index is 3.39. The van der Waals surface area contributed by atoms with Crippen molar-refractivity contribution < 1.29 is 14.6 Å². The predicted octanol–water partition coefficient (Wildman–Crippen LogP) is 2.47. The van der Waals surface area contributed by atoms with Gasteiger partial charge in [-0.15, -0.1) is 0 Å². The molecular weight excluding hydrogens is 208 g/mol. The lowest BCUT2D eigenvalue weighted by Gasteiger charge is -2.19. The molecule has 0 aromatic heterocycles. The lowest BCUT2D eigenvalue weighted by atomic mass is 10.2. The molecule has 0 amide bonds. The van der Waals surface area contributed by atoms with Crippen molar-refractivity contribution in [3.8, 4) is 0 Å². The Morgan fingerprint density at radius 1 is 1.27 bits per heavy atom. The fourth-order valence-corrected chi connectivity index (χ4v) is 1.79. The van der Waals surface area contributed by atoms with Crippen LogP contribution >= 0.6 is 0 Å². The first-order valence-electron chi connectivity index (χ1n) is 5.74. The van der Waals surface area contributed by atoms with Crippen molar-refractivity contribution in [1.29, 1.82) is 0 Å². The quantitative estimate of drug-likeness (QED) is 0.398. The van der Waals surface area contributed by atoms with Crippen molar-refractivity contribution in [3.63, 3.8) is 0 Å². The van der Waals surface area contributed by atoms with Gasteiger partial charge < -0.3 is 14.6 Å². The van der Waals surface area contributed by atoms with Crippen LogP contribution < -0.4 is 0 Å². The van der Waals surface area contributed by atoms with Crippen LogP contribution in [-0.4, -0.2) is 38.8 Å². The monoisotopic (exact) mass is 234 g/mol. The molecule has 0 aliphatic rings. The van der Waals surface area contributed by atoms with Gasteiger partial charge in [-0.1, -0.05) is 26.6 Å². The van der Waals surface area contributed by atoms with E-state index in [0.717, 1.165) is 19.1 Å². The van der Waals surface area contributed by atoms with Crippen LogP contribution in [0.15, 0.2) is 0 Å². The summed E-state index contributed by atoms with van der Waals surface area (Å²) >= 11 is 0. The van der Waals surface area contributed by atoms with E-state index in [1.807, 2.05) is 13.8 Å². The fraction of sp³-hybridized carbons (Fsp3) is 1.00. The van der Waals surface area contributed by atoms with Gasteiger partial charge in [-0.3, -0.25) is 0 Å². The zero-order valence-electron chi connectivity index (χ0n) is 10.7. The van der Waals surface area contributed by atoms with Gasteiger partial charge in [0.1, 0.15) is 6.79 Å². The van der Waals surface area contributed by atoms with Crippen LogP contribution in [-0.2, 0) is 9.47 Å². The molecule has 2 atom stereocenters. The Morgan fingerprint density at radius 2 is 1.87 bits per heavy atom. The number of rotatable bonds is 8. The van der Waals surface area contributed by atoms with Gasteiger partial charge in [-0.25, -0.2) is 0 Å². The summed E-state index contributed by atoms with van der Waals surface area (Å²) < 4.78 is 10.7. The van der Waals surface area contributed by atoms with Crippen LogP contribution in [0.5, 0.6) is 0 Å². The number of ether oxygens (including phenoxy) is 2. The third-order valence-corrected chi connectivity index (χ3v) is 4.07. The van der Waals surface area contributed by atoms with E-state index in [2.05, 4.69) is 19.6 Å². The van der Waals surface area contributed by atoms with Crippen molar-refractivity contribution in [2.24, 2.45) is 0 Å². The number of hydrogen-bond donors (Lipinski definition) is 1. The molecule has 1 unspecified atom stereocenters. The standard InChI is InChI=1S/C11H26O3Si/c1-6-11(12)10(2)14-9-13-7-8-15(3,4)5/h10-12H,6-9H2,1-5H3/t10-,11?/m0/s1. The van der Waals surface area contributed by atoms with Crippen LogP contribution in [0.3, 0.4) is 0 Å². The summed E-state index contributed by atoms with van der Waals surface area (Å²) in [4.78, 5) is 0. The van der Waals surface area contributed by atoms with E-state index in [9.17, 15) is 5.11 Å². The Bertz CT molecular complexity index is 156. The third-order valence-electron chi connectivity index (χ3n) is 2.37. The molecule has 0 aliphatic heterocycles. The topological polar surface area (TPSA) is 38.7 Å². The highest BCUT2D eigenvalue weighted by Gasteiger charge is 2.14. The minimum absolute atomic E-state index is 0.137.